The molecule has 0 aromatic heterocycles. The van der Waals surface area contributed by atoms with E-state index in [1.165, 1.54) is 6.07 Å². The van der Waals surface area contributed by atoms with Crippen LogP contribution in [0.1, 0.15) is 5.56 Å². The molecular weight excluding hydrogens is 144 g/mol. The van der Waals surface area contributed by atoms with Crippen molar-refractivity contribution >= 4 is 11.4 Å². The second-order valence-corrected chi connectivity index (χ2v) is 2.31. The van der Waals surface area contributed by atoms with E-state index in [2.05, 4.69) is 5.18 Å². The van der Waals surface area contributed by atoms with Gasteiger partial charge < -0.3 is 10.8 Å². The Balaban J connectivity index is 3.36. The van der Waals surface area contributed by atoms with Crippen molar-refractivity contribution in [1.82, 2.24) is 0 Å². The Labute approximate surface area is 63.6 Å². The highest BCUT2D eigenvalue weighted by atomic mass is 16.3. The predicted molar refractivity (Wildman–Crippen MR) is 42.7 cm³/mol. The molecule has 0 atom stereocenters. The quantitative estimate of drug-likeness (QED) is 0.474. The molecule has 0 amide bonds. The molecule has 58 valence electrons. The number of benzene rings is 1. The summed E-state index contributed by atoms with van der Waals surface area (Å²) in [6.07, 6.45) is 0. The van der Waals surface area contributed by atoms with Gasteiger partial charge in [0.05, 0.1) is 5.69 Å². The van der Waals surface area contributed by atoms with Gasteiger partial charge in [-0.3, -0.25) is 0 Å². The summed E-state index contributed by atoms with van der Waals surface area (Å²) in [6, 6.07) is 3.02. The summed E-state index contributed by atoms with van der Waals surface area (Å²) in [4.78, 5) is 10.1. The van der Waals surface area contributed by atoms with Crippen molar-refractivity contribution in [3.05, 3.63) is 22.6 Å². The van der Waals surface area contributed by atoms with Crippen molar-refractivity contribution in [2.24, 2.45) is 5.18 Å². The third kappa shape index (κ3) is 1.29. The van der Waals surface area contributed by atoms with Gasteiger partial charge in [-0.25, -0.2) is 0 Å². The number of phenolic OH excluding ortho intramolecular Hbond substituents is 1. The number of nitrogens with two attached hydrogens (primary N) is 1. The summed E-state index contributed by atoms with van der Waals surface area (Å²) < 4.78 is 0. The standard InChI is InChI=1S/C7H8N2O2/c1-4-2-5(8)7(9-11)6(10)3-4/h2-3,10H,8H2,1H3. The molecule has 0 radical (unpaired) electrons. The molecule has 4 nitrogen and oxygen atoms in total. The normalized spacial score (nSPS) is 9.55. The van der Waals surface area contributed by atoms with Crippen LogP contribution in [-0.4, -0.2) is 5.11 Å². The topological polar surface area (TPSA) is 75.7 Å². The summed E-state index contributed by atoms with van der Waals surface area (Å²) in [6.45, 7) is 1.77. The van der Waals surface area contributed by atoms with Gasteiger partial charge >= 0.3 is 0 Å². The zero-order valence-electron chi connectivity index (χ0n) is 6.03. The Morgan fingerprint density at radius 3 is 2.64 bits per heavy atom. The van der Waals surface area contributed by atoms with Gasteiger partial charge in [0.15, 0.2) is 5.69 Å². The molecule has 1 aromatic rings. The van der Waals surface area contributed by atoms with Gasteiger partial charge in [0.2, 0.25) is 0 Å². The predicted octanol–water partition coefficient (Wildman–Crippen LogP) is 1.68. The highest BCUT2D eigenvalue weighted by Crippen LogP contribution is 2.33. The number of rotatable bonds is 1. The number of aromatic hydroxyl groups is 1. The lowest BCUT2D eigenvalue weighted by molar-refractivity contribution is 0.476. The maximum atomic E-state index is 10.1. The first-order valence-electron chi connectivity index (χ1n) is 3.07. The highest BCUT2D eigenvalue weighted by Gasteiger charge is 2.05. The summed E-state index contributed by atoms with van der Waals surface area (Å²) in [7, 11) is 0. The Morgan fingerprint density at radius 2 is 2.18 bits per heavy atom. The first-order valence-corrected chi connectivity index (χ1v) is 3.07. The van der Waals surface area contributed by atoms with Crippen LogP contribution in [-0.2, 0) is 0 Å². The number of anilines is 1. The largest absolute Gasteiger partial charge is 0.505 e. The molecule has 0 aliphatic carbocycles. The number of nitrogens with zero attached hydrogens (tertiary/aromatic N) is 1. The van der Waals surface area contributed by atoms with Crippen LogP contribution in [0.5, 0.6) is 5.75 Å². The molecule has 0 aliphatic rings. The van der Waals surface area contributed by atoms with E-state index >= 15 is 0 Å². The van der Waals surface area contributed by atoms with E-state index in [0.717, 1.165) is 5.56 Å². The van der Waals surface area contributed by atoms with Crippen molar-refractivity contribution in [2.75, 3.05) is 5.73 Å². The zero-order valence-corrected chi connectivity index (χ0v) is 6.03. The van der Waals surface area contributed by atoms with Crippen molar-refractivity contribution in [3.63, 3.8) is 0 Å². The van der Waals surface area contributed by atoms with E-state index in [4.69, 9.17) is 10.8 Å². The van der Waals surface area contributed by atoms with E-state index < -0.39 is 0 Å². The lowest BCUT2D eigenvalue weighted by Crippen LogP contribution is -1.86. The Bertz CT molecular complexity index is 273. The van der Waals surface area contributed by atoms with Crippen LogP contribution in [0.3, 0.4) is 0 Å². The summed E-state index contributed by atoms with van der Waals surface area (Å²) >= 11 is 0. The molecule has 0 unspecified atom stereocenters. The van der Waals surface area contributed by atoms with E-state index in [-0.39, 0.29) is 17.1 Å². The molecule has 3 N–H and O–H groups in total. The number of nitroso groups, excluding NO2 is 1. The van der Waals surface area contributed by atoms with Crippen LogP contribution < -0.4 is 5.73 Å². The van der Waals surface area contributed by atoms with Crippen LogP contribution in [0.15, 0.2) is 17.3 Å². The number of nitrogen functional groups attached to an aromatic ring is 1. The highest BCUT2D eigenvalue weighted by molar-refractivity contribution is 5.70. The molecule has 0 saturated carbocycles. The minimum atomic E-state index is -0.169. The number of hydrogen-bond donors (Lipinski definition) is 2. The van der Waals surface area contributed by atoms with Crippen molar-refractivity contribution in [1.29, 1.82) is 0 Å². The Hall–Kier alpha value is -1.58. The minimum absolute atomic E-state index is 0.0874. The monoisotopic (exact) mass is 152 g/mol. The molecule has 0 heterocycles. The second kappa shape index (κ2) is 2.57. The zero-order chi connectivity index (χ0) is 8.43. The third-order valence-corrected chi connectivity index (χ3v) is 1.35. The maximum Gasteiger partial charge on any atom is 0.172 e. The lowest BCUT2D eigenvalue weighted by Gasteiger charge is -2.00. The van der Waals surface area contributed by atoms with Gasteiger partial charge in [-0.2, -0.15) is 0 Å². The van der Waals surface area contributed by atoms with Crippen LogP contribution >= 0.6 is 0 Å². The molecule has 4 heteroatoms. The first-order chi connectivity index (χ1) is 5.15. The van der Waals surface area contributed by atoms with E-state index in [1.807, 2.05) is 0 Å². The molecule has 0 aliphatic heterocycles. The fourth-order valence-corrected chi connectivity index (χ4v) is 0.887. The van der Waals surface area contributed by atoms with E-state index in [0.29, 0.717) is 0 Å². The fraction of sp³-hybridized carbons (Fsp3) is 0.143. The minimum Gasteiger partial charge on any atom is -0.505 e. The van der Waals surface area contributed by atoms with Crippen LogP contribution in [0.25, 0.3) is 0 Å². The molecule has 11 heavy (non-hydrogen) atoms. The number of hydrogen-bond acceptors (Lipinski definition) is 4. The SMILES string of the molecule is Cc1cc(N)c(N=O)c(O)c1. The lowest BCUT2D eigenvalue weighted by atomic mass is 10.2. The molecular formula is C7H8N2O2. The molecule has 0 spiro atoms. The van der Waals surface area contributed by atoms with Crippen molar-refractivity contribution in [3.8, 4) is 5.75 Å². The fourth-order valence-electron chi connectivity index (χ4n) is 0.887. The van der Waals surface area contributed by atoms with Gasteiger partial charge in [0.1, 0.15) is 5.75 Å². The van der Waals surface area contributed by atoms with Crippen molar-refractivity contribution < 1.29 is 5.11 Å². The van der Waals surface area contributed by atoms with E-state index in [1.54, 1.807) is 13.0 Å². The molecule has 0 saturated heterocycles. The molecule has 1 aromatic carbocycles. The summed E-state index contributed by atoms with van der Waals surface area (Å²) in [5, 5.41) is 11.7. The first kappa shape index (κ1) is 7.53. The average molecular weight is 152 g/mol. The van der Waals surface area contributed by atoms with E-state index in [9.17, 15) is 4.91 Å². The Kier molecular flexibility index (Phi) is 1.76. The van der Waals surface area contributed by atoms with Crippen molar-refractivity contribution in [2.45, 2.75) is 6.92 Å². The van der Waals surface area contributed by atoms with Gasteiger partial charge in [-0.15, -0.1) is 4.91 Å². The second-order valence-electron chi connectivity index (χ2n) is 2.31. The van der Waals surface area contributed by atoms with Crippen LogP contribution in [0.4, 0.5) is 11.4 Å². The Morgan fingerprint density at radius 1 is 1.55 bits per heavy atom. The van der Waals surface area contributed by atoms with Gasteiger partial charge in [-0.05, 0) is 29.8 Å². The summed E-state index contributed by atoms with van der Waals surface area (Å²) in [5.74, 6) is -0.169. The van der Waals surface area contributed by atoms with Crippen LogP contribution in [0.2, 0.25) is 0 Å². The third-order valence-electron chi connectivity index (χ3n) is 1.35. The van der Waals surface area contributed by atoms with Gasteiger partial charge in [0.25, 0.3) is 0 Å². The smallest absolute Gasteiger partial charge is 0.172 e. The van der Waals surface area contributed by atoms with Gasteiger partial charge in [0, 0.05) is 0 Å². The van der Waals surface area contributed by atoms with Crippen LogP contribution in [0, 0.1) is 11.8 Å². The number of phenols is 1. The molecule has 0 bridgehead atoms. The summed E-state index contributed by atoms with van der Waals surface area (Å²) in [5.41, 5.74) is 6.30. The average Bonchev–Trinajstić information content (AvgIpc) is 1.85. The maximum absolute atomic E-state index is 10.1. The number of aryl methyl sites for hydroxylation is 1. The molecule has 0 fully saturated rings. The van der Waals surface area contributed by atoms with Gasteiger partial charge in [-0.1, -0.05) is 0 Å². The molecule has 1 rings (SSSR count).